The Morgan fingerprint density at radius 1 is 0.958 bits per heavy atom. The SMILES string of the molecule is CCc1ccc([C@@H](C)NC(=O)Cc2cccc3ccccc23)cc1. The van der Waals surface area contributed by atoms with Gasteiger partial charge in [-0.1, -0.05) is 73.7 Å². The summed E-state index contributed by atoms with van der Waals surface area (Å²) < 4.78 is 0. The molecule has 0 saturated carbocycles. The van der Waals surface area contributed by atoms with Crippen molar-refractivity contribution < 1.29 is 4.79 Å². The predicted molar refractivity (Wildman–Crippen MR) is 100 cm³/mol. The number of hydrogen-bond acceptors (Lipinski definition) is 1. The minimum atomic E-state index is 0.0124. The quantitative estimate of drug-likeness (QED) is 0.718. The van der Waals surface area contributed by atoms with Crippen molar-refractivity contribution in [2.45, 2.75) is 32.7 Å². The van der Waals surface area contributed by atoms with E-state index in [1.165, 1.54) is 10.9 Å². The Hall–Kier alpha value is -2.61. The fraction of sp³-hybridized carbons (Fsp3) is 0.227. The molecule has 2 nitrogen and oxygen atoms in total. The number of hydrogen-bond donors (Lipinski definition) is 1. The lowest BCUT2D eigenvalue weighted by Crippen LogP contribution is -2.28. The van der Waals surface area contributed by atoms with Gasteiger partial charge in [0.2, 0.25) is 5.91 Å². The third-order valence-corrected chi connectivity index (χ3v) is 4.50. The summed E-state index contributed by atoms with van der Waals surface area (Å²) in [5.41, 5.74) is 3.52. The Bertz CT molecular complexity index is 831. The van der Waals surface area contributed by atoms with E-state index in [-0.39, 0.29) is 11.9 Å². The third kappa shape index (κ3) is 3.65. The first-order valence-corrected chi connectivity index (χ1v) is 8.52. The molecule has 0 spiro atoms. The van der Waals surface area contributed by atoms with Crippen LogP contribution >= 0.6 is 0 Å². The fourth-order valence-corrected chi connectivity index (χ4v) is 3.04. The van der Waals surface area contributed by atoms with Gasteiger partial charge in [-0.15, -0.1) is 0 Å². The second-order valence-electron chi connectivity index (χ2n) is 6.20. The summed E-state index contributed by atoms with van der Waals surface area (Å²) in [6.45, 7) is 4.17. The van der Waals surface area contributed by atoms with Gasteiger partial charge in [-0.05, 0) is 40.8 Å². The van der Waals surface area contributed by atoms with E-state index in [2.05, 4.69) is 54.7 Å². The molecule has 24 heavy (non-hydrogen) atoms. The lowest BCUT2D eigenvalue weighted by molar-refractivity contribution is -0.121. The summed E-state index contributed by atoms with van der Waals surface area (Å²) in [6.07, 6.45) is 1.43. The van der Waals surface area contributed by atoms with Crippen LogP contribution in [0.1, 0.15) is 36.6 Å². The molecular weight excluding hydrogens is 294 g/mol. The molecule has 0 radical (unpaired) electrons. The maximum absolute atomic E-state index is 12.5. The van der Waals surface area contributed by atoms with Gasteiger partial charge >= 0.3 is 0 Å². The number of carbonyl (C=O) groups excluding carboxylic acids is 1. The number of nitrogens with one attached hydrogen (secondary N) is 1. The molecule has 2 heteroatoms. The van der Waals surface area contributed by atoms with E-state index in [0.717, 1.165) is 22.9 Å². The van der Waals surface area contributed by atoms with Crippen molar-refractivity contribution in [2.24, 2.45) is 0 Å². The van der Waals surface area contributed by atoms with Crippen molar-refractivity contribution in [1.82, 2.24) is 5.32 Å². The molecule has 1 N–H and O–H groups in total. The molecular formula is C22H23NO. The number of carbonyl (C=O) groups is 1. The number of aryl methyl sites for hydroxylation is 1. The summed E-state index contributed by atoms with van der Waals surface area (Å²) in [5, 5.41) is 5.43. The van der Waals surface area contributed by atoms with Crippen LogP contribution in [-0.4, -0.2) is 5.91 Å². The molecule has 0 heterocycles. The maximum Gasteiger partial charge on any atom is 0.224 e. The highest BCUT2D eigenvalue weighted by atomic mass is 16.1. The second-order valence-corrected chi connectivity index (χ2v) is 6.20. The Morgan fingerprint density at radius 2 is 1.67 bits per heavy atom. The fourth-order valence-electron chi connectivity index (χ4n) is 3.04. The van der Waals surface area contributed by atoms with Gasteiger partial charge in [0.1, 0.15) is 0 Å². The van der Waals surface area contributed by atoms with E-state index in [1.807, 2.05) is 31.2 Å². The molecule has 3 aromatic carbocycles. The van der Waals surface area contributed by atoms with Crippen molar-refractivity contribution in [2.75, 3.05) is 0 Å². The van der Waals surface area contributed by atoms with E-state index in [0.29, 0.717) is 6.42 Å². The Morgan fingerprint density at radius 3 is 2.42 bits per heavy atom. The molecule has 0 fully saturated rings. The van der Waals surface area contributed by atoms with Gasteiger partial charge in [0.05, 0.1) is 12.5 Å². The van der Waals surface area contributed by atoms with Crippen LogP contribution in [0.4, 0.5) is 0 Å². The molecule has 0 aliphatic heterocycles. The molecule has 0 aliphatic rings. The lowest BCUT2D eigenvalue weighted by atomic mass is 10.0. The summed E-state index contributed by atoms with van der Waals surface area (Å²) in [6, 6.07) is 22.8. The van der Waals surface area contributed by atoms with Gasteiger partial charge in [0, 0.05) is 0 Å². The van der Waals surface area contributed by atoms with Gasteiger partial charge in [-0.3, -0.25) is 4.79 Å². The van der Waals surface area contributed by atoms with E-state index in [1.54, 1.807) is 0 Å². The molecule has 3 aromatic rings. The summed E-state index contributed by atoms with van der Waals surface area (Å²) in [4.78, 5) is 12.5. The van der Waals surface area contributed by atoms with Crippen LogP contribution in [0.2, 0.25) is 0 Å². The average molecular weight is 317 g/mol. The third-order valence-electron chi connectivity index (χ3n) is 4.50. The molecule has 0 unspecified atom stereocenters. The largest absolute Gasteiger partial charge is 0.349 e. The first-order chi connectivity index (χ1) is 11.7. The molecule has 122 valence electrons. The first-order valence-electron chi connectivity index (χ1n) is 8.52. The van der Waals surface area contributed by atoms with Crippen LogP contribution in [0.5, 0.6) is 0 Å². The predicted octanol–water partition coefficient (Wildman–Crippen LogP) is 4.82. The monoisotopic (exact) mass is 317 g/mol. The number of amides is 1. The standard InChI is InChI=1S/C22H23NO/c1-3-17-11-13-18(14-12-17)16(2)23-22(24)15-20-9-6-8-19-7-4-5-10-21(19)20/h4-14,16H,3,15H2,1-2H3,(H,23,24)/t16-/m1/s1. The molecule has 1 atom stereocenters. The van der Waals surface area contributed by atoms with E-state index in [9.17, 15) is 4.79 Å². The van der Waals surface area contributed by atoms with Crippen molar-refractivity contribution in [1.29, 1.82) is 0 Å². The highest BCUT2D eigenvalue weighted by Crippen LogP contribution is 2.19. The maximum atomic E-state index is 12.5. The Kier molecular flexibility index (Phi) is 4.95. The van der Waals surface area contributed by atoms with Crippen LogP contribution in [0, 0.1) is 0 Å². The summed E-state index contributed by atoms with van der Waals surface area (Å²) in [7, 11) is 0. The topological polar surface area (TPSA) is 29.1 Å². The van der Waals surface area contributed by atoms with Crippen LogP contribution in [0.15, 0.2) is 66.7 Å². The second kappa shape index (κ2) is 7.31. The molecule has 3 rings (SSSR count). The van der Waals surface area contributed by atoms with Crippen LogP contribution in [0.25, 0.3) is 10.8 Å². The van der Waals surface area contributed by atoms with Crippen molar-refractivity contribution in [3.8, 4) is 0 Å². The molecule has 0 aromatic heterocycles. The first kappa shape index (κ1) is 16.3. The van der Waals surface area contributed by atoms with E-state index < -0.39 is 0 Å². The molecule has 0 aliphatic carbocycles. The van der Waals surface area contributed by atoms with E-state index in [4.69, 9.17) is 0 Å². The van der Waals surface area contributed by atoms with Gasteiger partial charge in [-0.2, -0.15) is 0 Å². The minimum absolute atomic E-state index is 0.0124. The zero-order valence-electron chi connectivity index (χ0n) is 14.3. The zero-order valence-corrected chi connectivity index (χ0v) is 14.3. The zero-order chi connectivity index (χ0) is 16.9. The average Bonchev–Trinajstić information content (AvgIpc) is 2.62. The Balaban J connectivity index is 1.70. The highest BCUT2D eigenvalue weighted by Gasteiger charge is 2.11. The van der Waals surface area contributed by atoms with Gasteiger partial charge in [-0.25, -0.2) is 0 Å². The normalized spacial score (nSPS) is 12.1. The van der Waals surface area contributed by atoms with Crippen molar-refractivity contribution in [3.05, 3.63) is 83.4 Å². The number of rotatable bonds is 5. The van der Waals surface area contributed by atoms with Crippen LogP contribution in [-0.2, 0) is 17.6 Å². The molecule has 1 amide bonds. The van der Waals surface area contributed by atoms with Crippen molar-refractivity contribution >= 4 is 16.7 Å². The van der Waals surface area contributed by atoms with E-state index >= 15 is 0 Å². The van der Waals surface area contributed by atoms with Crippen molar-refractivity contribution in [3.63, 3.8) is 0 Å². The highest BCUT2D eigenvalue weighted by molar-refractivity contribution is 5.90. The number of benzene rings is 3. The van der Waals surface area contributed by atoms with Gasteiger partial charge in [0.15, 0.2) is 0 Å². The summed E-state index contributed by atoms with van der Waals surface area (Å²) >= 11 is 0. The smallest absolute Gasteiger partial charge is 0.224 e. The number of fused-ring (bicyclic) bond motifs is 1. The van der Waals surface area contributed by atoms with Crippen LogP contribution in [0.3, 0.4) is 0 Å². The lowest BCUT2D eigenvalue weighted by Gasteiger charge is -2.15. The van der Waals surface area contributed by atoms with Crippen LogP contribution < -0.4 is 5.32 Å². The van der Waals surface area contributed by atoms with Gasteiger partial charge in [0.25, 0.3) is 0 Å². The Labute approximate surface area is 143 Å². The molecule has 0 saturated heterocycles. The van der Waals surface area contributed by atoms with Gasteiger partial charge < -0.3 is 5.32 Å². The molecule has 0 bridgehead atoms. The minimum Gasteiger partial charge on any atom is -0.349 e. The summed E-state index contributed by atoms with van der Waals surface area (Å²) in [5.74, 6) is 0.0541.